The summed E-state index contributed by atoms with van der Waals surface area (Å²) in [5, 5.41) is 0. The molecule has 1 aliphatic heterocycles. The molecule has 7 nitrogen and oxygen atoms in total. The highest BCUT2D eigenvalue weighted by Gasteiger charge is 2.29. The molecule has 1 heterocycles. The molecule has 0 fully saturated rings. The van der Waals surface area contributed by atoms with Crippen molar-refractivity contribution in [2.75, 3.05) is 22.7 Å². The van der Waals surface area contributed by atoms with Crippen molar-refractivity contribution in [1.82, 2.24) is 0 Å². The SMILES string of the molecule is COc1ccc(S(=O)(=O)N2CCCc3cc(NS(=O)(=O)c4ccccc4Br)ccc32)cc1. The van der Waals surface area contributed by atoms with Gasteiger partial charge < -0.3 is 4.74 Å². The largest absolute Gasteiger partial charge is 0.497 e. The first-order valence-corrected chi connectivity index (χ1v) is 13.5. The average molecular weight is 537 g/mol. The highest BCUT2D eigenvalue weighted by Crippen LogP contribution is 2.35. The lowest BCUT2D eigenvalue weighted by Gasteiger charge is -2.31. The maximum absolute atomic E-state index is 13.3. The molecule has 0 saturated carbocycles. The molecule has 0 amide bonds. The minimum Gasteiger partial charge on any atom is -0.497 e. The molecule has 0 atom stereocenters. The summed E-state index contributed by atoms with van der Waals surface area (Å²) in [5.41, 5.74) is 1.69. The summed E-state index contributed by atoms with van der Waals surface area (Å²) >= 11 is 3.27. The van der Waals surface area contributed by atoms with Crippen LogP contribution in [0.15, 0.2) is 81.0 Å². The topological polar surface area (TPSA) is 92.8 Å². The number of nitrogens with zero attached hydrogens (tertiary/aromatic N) is 1. The molecule has 0 spiro atoms. The number of benzene rings is 3. The summed E-state index contributed by atoms with van der Waals surface area (Å²) in [6.07, 6.45) is 1.28. The predicted molar refractivity (Wildman–Crippen MR) is 127 cm³/mol. The lowest BCUT2D eigenvalue weighted by atomic mass is 10.0. The van der Waals surface area contributed by atoms with Crippen LogP contribution < -0.4 is 13.8 Å². The van der Waals surface area contributed by atoms with Crippen LogP contribution in [-0.2, 0) is 26.5 Å². The first-order valence-electron chi connectivity index (χ1n) is 9.79. The molecule has 3 aromatic carbocycles. The van der Waals surface area contributed by atoms with Gasteiger partial charge in [0, 0.05) is 16.7 Å². The van der Waals surface area contributed by atoms with Gasteiger partial charge in [-0.2, -0.15) is 0 Å². The van der Waals surface area contributed by atoms with Crippen molar-refractivity contribution in [3.05, 3.63) is 76.8 Å². The fourth-order valence-electron chi connectivity index (χ4n) is 3.62. The van der Waals surface area contributed by atoms with Gasteiger partial charge in [-0.3, -0.25) is 9.03 Å². The molecule has 0 aliphatic carbocycles. The number of methoxy groups -OCH3 is 1. The zero-order valence-electron chi connectivity index (χ0n) is 17.2. The molecule has 10 heteroatoms. The van der Waals surface area contributed by atoms with E-state index < -0.39 is 20.0 Å². The fourth-order valence-corrected chi connectivity index (χ4v) is 7.22. The highest BCUT2D eigenvalue weighted by atomic mass is 79.9. The molecule has 0 unspecified atom stereocenters. The van der Waals surface area contributed by atoms with Crippen molar-refractivity contribution in [1.29, 1.82) is 0 Å². The van der Waals surface area contributed by atoms with Crippen LogP contribution in [0.1, 0.15) is 12.0 Å². The highest BCUT2D eigenvalue weighted by molar-refractivity contribution is 9.10. The lowest BCUT2D eigenvalue weighted by molar-refractivity contribution is 0.414. The summed E-state index contributed by atoms with van der Waals surface area (Å²) in [6.45, 7) is 0.351. The van der Waals surface area contributed by atoms with Crippen LogP contribution in [0.4, 0.5) is 11.4 Å². The number of nitrogens with one attached hydrogen (secondary N) is 1. The monoisotopic (exact) mass is 536 g/mol. The maximum Gasteiger partial charge on any atom is 0.264 e. The molecule has 0 saturated heterocycles. The molecule has 32 heavy (non-hydrogen) atoms. The Morgan fingerprint density at radius 1 is 0.969 bits per heavy atom. The van der Waals surface area contributed by atoms with E-state index in [2.05, 4.69) is 20.7 Å². The fraction of sp³-hybridized carbons (Fsp3) is 0.182. The zero-order valence-corrected chi connectivity index (χ0v) is 20.4. The summed E-state index contributed by atoms with van der Waals surface area (Å²) < 4.78 is 61.6. The summed E-state index contributed by atoms with van der Waals surface area (Å²) in [7, 11) is -6.05. The van der Waals surface area contributed by atoms with E-state index in [9.17, 15) is 16.8 Å². The van der Waals surface area contributed by atoms with Crippen molar-refractivity contribution in [3.63, 3.8) is 0 Å². The van der Waals surface area contributed by atoms with E-state index >= 15 is 0 Å². The van der Waals surface area contributed by atoms with Gasteiger partial charge in [-0.1, -0.05) is 12.1 Å². The molecule has 1 N–H and O–H groups in total. The summed E-state index contributed by atoms with van der Waals surface area (Å²) in [5.74, 6) is 0.574. The quantitative estimate of drug-likeness (QED) is 0.503. The second-order valence-electron chi connectivity index (χ2n) is 7.24. The van der Waals surface area contributed by atoms with Gasteiger partial charge in [0.05, 0.1) is 17.7 Å². The average Bonchev–Trinajstić information content (AvgIpc) is 2.78. The first kappa shape index (κ1) is 22.6. The number of halogens is 1. The van der Waals surface area contributed by atoms with E-state index in [1.54, 1.807) is 48.5 Å². The predicted octanol–water partition coefficient (Wildman–Crippen LogP) is 4.40. The van der Waals surface area contributed by atoms with Crippen LogP contribution in [0.3, 0.4) is 0 Å². The van der Waals surface area contributed by atoms with Crippen LogP contribution in [0, 0.1) is 0 Å². The van der Waals surface area contributed by atoms with Crippen LogP contribution in [0.2, 0.25) is 0 Å². The Bertz CT molecular complexity index is 1360. The van der Waals surface area contributed by atoms with Crippen molar-refractivity contribution in [2.24, 2.45) is 0 Å². The van der Waals surface area contributed by atoms with Gasteiger partial charge in [-0.25, -0.2) is 16.8 Å². The lowest BCUT2D eigenvalue weighted by Crippen LogP contribution is -2.35. The van der Waals surface area contributed by atoms with E-state index in [-0.39, 0.29) is 9.79 Å². The molecule has 168 valence electrons. The number of aryl methyl sites for hydroxylation is 1. The summed E-state index contributed by atoms with van der Waals surface area (Å²) in [6, 6.07) is 17.7. The maximum atomic E-state index is 13.3. The van der Waals surface area contributed by atoms with Crippen LogP contribution in [0.25, 0.3) is 0 Å². The standard InChI is InChI=1S/C22H21BrN2O5S2/c1-30-18-9-11-19(12-10-18)32(28,29)25-14-4-5-16-15-17(8-13-21(16)25)24-31(26,27)22-7-3-2-6-20(22)23/h2-3,6-13,15,24H,4-5,14H2,1H3. The van der Waals surface area contributed by atoms with Crippen LogP contribution in [0.5, 0.6) is 5.75 Å². The molecule has 1 aliphatic rings. The molecule has 0 aromatic heterocycles. The second kappa shape index (κ2) is 8.76. The van der Waals surface area contributed by atoms with Crippen LogP contribution >= 0.6 is 15.9 Å². The third kappa shape index (κ3) is 4.35. The van der Waals surface area contributed by atoms with Gasteiger partial charge in [-0.05, 0) is 88.9 Å². The molecule has 4 rings (SSSR count). The van der Waals surface area contributed by atoms with Crippen molar-refractivity contribution >= 4 is 47.4 Å². The van der Waals surface area contributed by atoms with E-state index in [1.807, 2.05) is 0 Å². The normalized spacial score (nSPS) is 14.0. The Morgan fingerprint density at radius 2 is 1.69 bits per heavy atom. The van der Waals surface area contributed by atoms with Gasteiger partial charge in [-0.15, -0.1) is 0 Å². The number of rotatable bonds is 6. The Kier molecular flexibility index (Phi) is 6.19. The van der Waals surface area contributed by atoms with Gasteiger partial charge in [0.1, 0.15) is 10.6 Å². The van der Waals surface area contributed by atoms with Crippen LogP contribution in [-0.4, -0.2) is 30.5 Å². The molecule has 3 aromatic rings. The Balaban J connectivity index is 1.65. The van der Waals surface area contributed by atoms with Crippen molar-refractivity contribution in [2.45, 2.75) is 22.6 Å². The van der Waals surface area contributed by atoms with E-state index in [0.29, 0.717) is 41.0 Å². The molecular weight excluding hydrogens is 516 g/mol. The van der Waals surface area contributed by atoms with Crippen molar-refractivity contribution in [3.8, 4) is 5.75 Å². The Morgan fingerprint density at radius 3 is 2.38 bits per heavy atom. The minimum atomic E-state index is -3.80. The molecular formula is C22H21BrN2O5S2. The number of ether oxygens (including phenoxy) is 1. The number of anilines is 2. The number of hydrogen-bond acceptors (Lipinski definition) is 5. The Labute approximate surface area is 196 Å². The molecule has 0 bridgehead atoms. The van der Waals surface area contributed by atoms with Gasteiger partial charge >= 0.3 is 0 Å². The third-order valence-electron chi connectivity index (χ3n) is 5.18. The second-order valence-corrected chi connectivity index (χ2v) is 11.6. The number of fused-ring (bicyclic) bond motifs is 1. The Hall–Kier alpha value is -2.56. The van der Waals surface area contributed by atoms with E-state index in [1.165, 1.54) is 29.6 Å². The van der Waals surface area contributed by atoms with E-state index in [0.717, 1.165) is 5.56 Å². The zero-order chi connectivity index (χ0) is 22.9. The minimum absolute atomic E-state index is 0.126. The third-order valence-corrected chi connectivity index (χ3v) is 9.40. The number of hydrogen-bond donors (Lipinski definition) is 1. The van der Waals surface area contributed by atoms with E-state index in [4.69, 9.17) is 4.74 Å². The van der Waals surface area contributed by atoms with Crippen molar-refractivity contribution < 1.29 is 21.6 Å². The van der Waals surface area contributed by atoms with Gasteiger partial charge in [0.25, 0.3) is 20.0 Å². The number of sulfonamides is 2. The first-order chi connectivity index (χ1) is 15.2. The molecule has 0 radical (unpaired) electrons. The van der Waals surface area contributed by atoms with Gasteiger partial charge in [0.2, 0.25) is 0 Å². The smallest absolute Gasteiger partial charge is 0.264 e. The summed E-state index contributed by atoms with van der Waals surface area (Å²) in [4.78, 5) is 0.297. The van der Waals surface area contributed by atoms with Gasteiger partial charge in [0.15, 0.2) is 0 Å².